The van der Waals surface area contributed by atoms with Crippen LogP contribution >= 0.6 is 0 Å². The van der Waals surface area contributed by atoms with Gasteiger partial charge in [-0.25, -0.2) is 9.97 Å². The zero-order valence-corrected chi connectivity index (χ0v) is 16.8. The molecule has 0 bridgehead atoms. The summed E-state index contributed by atoms with van der Waals surface area (Å²) in [6.45, 7) is 3.48. The number of aromatic nitrogens is 5. The molecule has 3 aromatic rings. The third-order valence-electron chi connectivity index (χ3n) is 5.01. The smallest absolute Gasteiger partial charge is 0.277 e. The van der Waals surface area contributed by atoms with E-state index in [-0.39, 0.29) is 17.6 Å². The number of aromatic amines is 1. The van der Waals surface area contributed by atoms with Gasteiger partial charge in [0.15, 0.2) is 5.52 Å². The molecule has 0 aromatic carbocycles. The summed E-state index contributed by atoms with van der Waals surface area (Å²) >= 11 is 0. The predicted molar refractivity (Wildman–Crippen MR) is 109 cm³/mol. The lowest BCUT2D eigenvalue weighted by molar-refractivity contribution is -0.114. The summed E-state index contributed by atoms with van der Waals surface area (Å²) in [5, 5.41) is 7.17. The highest BCUT2D eigenvalue weighted by molar-refractivity contribution is 5.89. The van der Waals surface area contributed by atoms with E-state index >= 15 is 0 Å². The van der Waals surface area contributed by atoms with Gasteiger partial charge in [0.05, 0.1) is 23.1 Å². The van der Waals surface area contributed by atoms with Gasteiger partial charge < -0.3 is 15.0 Å². The molecule has 1 saturated carbocycles. The van der Waals surface area contributed by atoms with Crippen LogP contribution in [0, 0.1) is 0 Å². The Balaban J connectivity index is 1.86. The highest BCUT2D eigenvalue weighted by Gasteiger charge is 2.23. The van der Waals surface area contributed by atoms with Gasteiger partial charge in [0, 0.05) is 14.0 Å². The van der Waals surface area contributed by atoms with E-state index in [2.05, 4.69) is 27.3 Å². The van der Waals surface area contributed by atoms with Crippen LogP contribution in [0.2, 0.25) is 0 Å². The van der Waals surface area contributed by atoms with Crippen LogP contribution in [0.5, 0.6) is 5.88 Å². The Labute approximate surface area is 167 Å². The minimum Gasteiger partial charge on any atom is -0.474 e. The number of carbonyl (C=O) groups is 1. The van der Waals surface area contributed by atoms with Crippen molar-refractivity contribution in [1.29, 1.82) is 0 Å². The first kappa shape index (κ1) is 19.1. The lowest BCUT2D eigenvalue weighted by Gasteiger charge is -2.26. The monoisotopic (exact) mass is 396 g/mol. The number of H-pyrrole nitrogens is 1. The van der Waals surface area contributed by atoms with Crippen molar-refractivity contribution in [2.75, 3.05) is 5.32 Å². The fraction of sp³-hybridized carbons (Fsp3) is 0.450. The van der Waals surface area contributed by atoms with Crippen LogP contribution in [0.4, 0.5) is 5.69 Å². The number of hydrogen-bond donors (Lipinski definition) is 2. The number of carbonyl (C=O) groups excluding carboxylic acids is 1. The normalized spacial score (nSPS) is 14.0. The molecule has 1 amide bonds. The number of fused-ring (bicyclic) bond motifs is 1. The number of ether oxygens (including phenoxy) is 1. The minimum absolute atomic E-state index is 0.109. The summed E-state index contributed by atoms with van der Waals surface area (Å²) in [6, 6.07) is 1.72. The molecule has 0 unspecified atom stereocenters. The summed E-state index contributed by atoms with van der Waals surface area (Å²) in [6.07, 6.45) is 6.34. The first-order chi connectivity index (χ1) is 14.0. The van der Waals surface area contributed by atoms with Crippen LogP contribution in [-0.2, 0) is 18.3 Å². The fourth-order valence-electron chi connectivity index (χ4n) is 3.41. The summed E-state index contributed by atoms with van der Waals surface area (Å²) in [5.74, 6) is 0.536. The fourth-order valence-corrected chi connectivity index (χ4v) is 3.41. The topological polar surface area (TPSA) is 115 Å². The predicted octanol–water partition coefficient (Wildman–Crippen LogP) is 2.56. The molecule has 1 aliphatic rings. The number of aryl methyl sites for hydroxylation is 2. The van der Waals surface area contributed by atoms with Crippen molar-refractivity contribution in [3.63, 3.8) is 0 Å². The molecule has 0 atom stereocenters. The van der Waals surface area contributed by atoms with Crippen molar-refractivity contribution in [2.24, 2.45) is 7.05 Å². The van der Waals surface area contributed by atoms with E-state index in [1.165, 1.54) is 6.92 Å². The highest BCUT2D eigenvalue weighted by Crippen LogP contribution is 2.32. The van der Waals surface area contributed by atoms with Crippen LogP contribution in [0.15, 0.2) is 17.1 Å². The largest absolute Gasteiger partial charge is 0.474 e. The van der Waals surface area contributed by atoms with Crippen molar-refractivity contribution in [2.45, 2.75) is 52.1 Å². The lowest BCUT2D eigenvalue weighted by Crippen LogP contribution is -2.25. The van der Waals surface area contributed by atoms with Crippen LogP contribution < -0.4 is 15.6 Å². The van der Waals surface area contributed by atoms with E-state index in [0.717, 1.165) is 37.8 Å². The molecule has 1 aliphatic carbocycles. The third kappa shape index (κ3) is 3.72. The zero-order valence-electron chi connectivity index (χ0n) is 16.8. The maximum Gasteiger partial charge on any atom is 0.277 e. The van der Waals surface area contributed by atoms with Crippen LogP contribution in [0.3, 0.4) is 0 Å². The van der Waals surface area contributed by atoms with Gasteiger partial charge in [-0.2, -0.15) is 5.10 Å². The van der Waals surface area contributed by atoms with Crippen molar-refractivity contribution >= 4 is 22.6 Å². The maximum absolute atomic E-state index is 12.8. The maximum atomic E-state index is 12.8. The third-order valence-corrected chi connectivity index (χ3v) is 5.01. The zero-order chi connectivity index (χ0) is 20.5. The Bertz CT molecular complexity index is 1130. The molecule has 3 aromatic heterocycles. The standard InChI is InChI=1S/C20H24N6O3/c1-4-6-15-16-17(26(3)25-15)19(28)24-18(23-16)14-9-12(22-11(2)27)10-21-20(14)29-13-7-5-8-13/h9-10,13H,4-8H2,1-3H3,(H,22,27)(H,23,24,28). The van der Waals surface area contributed by atoms with E-state index in [0.29, 0.717) is 34.0 Å². The van der Waals surface area contributed by atoms with Gasteiger partial charge in [-0.1, -0.05) is 13.3 Å². The molecule has 29 heavy (non-hydrogen) atoms. The molecule has 1 fully saturated rings. The number of pyridine rings is 1. The van der Waals surface area contributed by atoms with Gasteiger partial charge in [-0.15, -0.1) is 0 Å². The molecule has 9 heteroatoms. The van der Waals surface area contributed by atoms with Crippen molar-refractivity contribution in [3.05, 3.63) is 28.3 Å². The Morgan fingerprint density at radius 3 is 2.86 bits per heavy atom. The van der Waals surface area contributed by atoms with E-state index in [1.807, 2.05) is 0 Å². The molecule has 152 valence electrons. The van der Waals surface area contributed by atoms with E-state index in [4.69, 9.17) is 9.72 Å². The van der Waals surface area contributed by atoms with Crippen LogP contribution in [0.1, 0.15) is 45.2 Å². The van der Waals surface area contributed by atoms with Gasteiger partial charge in [-0.05, 0) is 31.7 Å². The summed E-state index contributed by atoms with van der Waals surface area (Å²) in [4.78, 5) is 36.2. The number of anilines is 1. The SMILES string of the molecule is CCCc1nn(C)c2c(=O)[nH]c(-c3cc(NC(C)=O)cnc3OC3CCC3)nc12. The van der Waals surface area contributed by atoms with Crippen LogP contribution in [-0.4, -0.2) is 36.7 Å². The molecule has 0 radical (unpaired) electrons. The molecule has 0 spiro atoms. The number of amides is 1. The summed E-state index contributed by atoms with van der Waals surface area (Å²) in [5.41, 5.74) is 2.56. The first-order valence-corrected chi connectivity index (χ1v) is 9.86. The minimum atomic E-state index is -0.276. The quantitative estimate of drug-likeness (QED) is 0.662. The molecule has 3 heterocycles. The van der Waals surface area contributed by atoms with Crippen LogP contribution in [0.25, 0.3) is 22.4 Å². The molecule has 0 aliphatic heterocycles. The summed E-state index contributed by atoms with van der Waals surface area (Å²) in [7, 11) is 1.74. The molecular weight excluding hydrogens is 372 g/mol. The summed E-state index contributed by atoms with van der Waals surface area (Å²) < 4.78 is 7.59. The van der Waals surface area contributed by atoms with Crippen molar-refractivity contribution < 1.29 is 9.53 Å². The van der Waals surface area contributed by atoms with E-state index < -0.39 is 0 Å². The van der Waals surface area contributed by atoms with Crippen molar-refractivity contribution in [1.82, 2.24) is 24.7 Å². The Hall–Kier alpha value is -3.23. The van der Waals surface area contributed by atoms with Gasteiger partial charge >= 0.3 is 0 Å². The molecular formula is C20H24N6O3. The Kier molecular flexibility index (Phi) is 5.04. The van der Waals surface area contributed by atoms with Gasteiger partial charge in [0.25, 0.3) is 5.56 Å². The van der Waals surface area contributed by atoms with Gasteiger partial charge in [-0.3, -0.25) is 14.3 Å². The van der Waals surface area contributed by atoms with E-state index in [1.54, 1.807) is 24.0 Å². The average molecular weight is 396 g/mol. The lowest BCUT2D eigenvalue weighted by atomic mass is 9.96. The van der Waals surface area contributed by atoms with Gasteiger partial charge in [0.2, 0.25) is 11.8 Å². The number of nitrogens with one attached hydrogen (secondary N) is 2. The Morgan fingerprint density at radius 1 is 1.41 bits per heavy atom. The second-order valence-corrected chi connectivity index (χ2v) is 7.36. The van der Waals surface area contributed by atoms with Crippen molar-refractivity contribution in [3.8, 4) is 17.3 Å². The van der Waals surface area contributed by atoms with E-state index in [9.17, 15) is 9.59 Å². The second-order valence-electron chi connectivity index (χ2n) is 7.36. The van der Waals surface area contributed by atoms with Gasteiger partial charge in [0.1, 0.15) is 17.4 Å². The average Bonchev–Trinajstić information content (AvgIpc) is 2.95. The highest BCUT2D eigenvalue weighted by atomic mass is 16.5. The number of nitrogens with zero attached hydrogens (tertiary/aromatic N) is 4. The molecule has 4 rings (SSSR count). The molecule has 9 nitrogen and oxygen atoms in total. The first-order valence-electron chi connectivity index (χ1n) is 9.86. The second kappa shape index (κ2) is 7.65. The Morgan fingerprint density at radius 2 is 2.21 bits per heavy atom. The number of rotatable bonds is 6. The molecule has 2 N–H and O–H groups in total. The number of hydrogen-bond acceptors (Lipinski definition) is 6. The molecule has 0 saturated heterocycles.